The smallest absolute Gasteiger partial charge is 0.221 e. The molecule has 1 aliphatic heterocycles. The van der Waals surface area contributed by atoms with Gasteiger partial charge in [0.15, 0.2) is 0 Å². The van der Waals surface area contributed by atoms with E-state index in [4.69, 9.17) is 26.3 Å². The van der Waals surface area contributed by atoms with Crippen molar-refractivity contribution in [2.45, 2.75) is 50.5 Å². The number of rotatable bonds is 10. The molecule has 2 saturated carbocycles. The molecular formula is C24H32ClN5O2. The van der Waals surface area contributed by atoms with Crippen molar-refractivity contribution in [2.75, 3.05) is 50.8 Å². The lowest BCUT2D eigenvalue weighted by atomic mass is 10.2. The maximum absolute atomic E-state index is 12.4. The fraction of sp³-hybridized carbons (Fsp3) is 0.625. The number of carbonyl (C=O) groups is 1. The second-order valence-corrected chi connectivity index (χ2v) is 9.66. The van der Waals surface area contributed by atoms with E-state index >= 15 is 0 Å². The number of hydrogen-bond donors (Lipinski definition) is 1. The number of fused-ring (bicyclic) bond motifs is 1. The van der Waals surface area contributed by atoms with Gasteiger partial charge in [0.05, 0.1) is 18.7 Å². The van der Waals surface area contributed by atoms with Crippen LogP contribution in [-0.4, -0.2) is 72.8 Å². The summed E-state index contributed by atoms with van der Waals surface area (Å²) in [5.74, 6) is 2.44. The van der Waals surface area contributed by atoms with Crippen molar-refractivity contribution in [2.24, 2.45) is 0 Å². The summed E-state index contributed by atoms with van der Waals surface area (Å²) >= 11 is 6.28. The predicted octanol–water partition coefficient (Wildman–Crippen LogP) is 3.36. The number of morpholine rings is 1. The summed E-state index contributed by atoms with van der Waals surface area (Å²) in [6.45, 7) is 6.14. The number of benzene rings is 1. The molecule has 7 nitrogen and oxygen atoms in total. The van der Waals surface area contributed by atoms with Crippen molar-refractivity contribution >= 4 is 34.2 Å². The normalized spacial score (nSPS) is 19.3. The molecule has 8 heteroatoms. The van der Waals surface area contributed by atoms with E-state index < -0.39 is 0 Å². The third-order valence-electron chi connectivity index (χ3n) is 6.46. The monoisotopic (exact) mass is 457 g/mol. The Bertz CT molecular complexity index is 957. The van der Waals surface area contributed by atoms with Gasteiger partial charge in [0.2, 0.25) is 5.91 Å². The van der Waals surface area contributed by atoms with Gasteiger partial charge < -0.3 is 15.0 Å². The van der Waals surface area contributed by atoms with Crippen LogP contribution in [0.15, 0.2) is 18.2 Å². The molecule has 1 N–H and O–H groups in total. The topological polar surface area (TPSA) is 70.6 Å². The standard InChI is InChI=1S/C24H32ClN5O2/c25-18-4-7-20-21(16-18)27-23(17-2-3-17)28-24(20)30(11-8-22(31)26-19-5-6-19)10-1-9-29-12-14-32-15-13-29/h4,7,16-17,19H,1-3,5-6,8-15H2,(H,26,31). The molecule has 0 radical (unpaired) electrons. The van der Waals surface area contributed by atoms with E-state index in [1.165, 1.54) is 0 Å². The molecule has 1 amide bonds. The SMILES string of the molecule is O=C(CCN(CCCN1CCOCC1)c1nc(C2CC2)nc2cc(Cl)ccc12)NC1CC1. The van der Waals surface area contributed by atoms with Gasteiger partial charge in [-0.2, -0.15) is 0 Å². The van der Waals surface area contributed by atoms with Gasteiger partial charge in [0, 0.05) is 61.5 Å². The third-order valence-corrected chi connectivity index (χ3v) is 6.69. The Kier molecular flexibility index (Phi) is 6.76. The summed E-state index contributed by atoms with van der Waals surface area (Å²) in [7, 11) is 0. The fourth-order valence-electron chi connectivity index (χ4n) is 4.27. The molecule has 172 valence electrons. The van der Waals surface area contributed by atoms with Gasteiger partial charge in [-0.1, -0.05) is 11.6 Å². The molecule has 0 spiro atoms. The number of ether oxygens (including phenoxy) is 1. The van der Waals surface area contributed by atoms with Crippen LogP contribution < -0.4 is 10.2 Å². The van der Waals surface area contributed by atoms with E-state index in [0.717, 1.165) is 94.0 Å². The lowest BCUT2D eigenvalue weighted by Crippen LogP contribution is -2.39. The molecule has 0 unspecified atom stereocenters. The number of anilines is 1. The van der Waals surface area contributed by atoms with Crippen LogP contribution in [0.3, 0.4) is 0 Å². The molecule has 1 saturated heterocycles. The third kappa shape index (κ3) is 5.69. The Hall–Kier alpha value is -1.96. The lowest BCUT2D eigenvalue weighted by molar-refractivity contribution is -0.121. The largest absolute Gasteiger partial charge is 0.379 e. The summed E-state index contributed by atoms with van der Waals surface area (Å²) in [4.78, 5) is 27.0. The predicted molar refractivity (Wildman–Crippen MR) is 126 cm³/mol. The Balaban J connectivity index is 1.36. The first kappa shape index (κ1) is 21.9. The molecule has 2 heterocycles. The number of nitrogens with zero attached hydrogens (tertiary/aromatic N) is 4. The summed E-state index contributed by atoms with van der Waals surface area (Å²) < 4.78 is 5.47. The van der Waals surface area contributed by atoms with E-state index in [1.54, 1.807) is 0 Å². The molecule has 32 heavy (non-hydrogen) atoms. The van der Waals surface area contributed by atoms with Crippen LogP contribution in [0.1, 0.15) is 50.3 Å². The fourth-order valence-corrected chi connectivity index (χ4v) is 4.43. The number of amides is 1. The number of halogens is 1. The summed E-state index contributed by atoms with van der Waals surface area (Å²) in [6, 6.07) is 6.24. The van der Waals surface area contributed by atoms with Gasteiger partial charge in [-0.25, -0.2) is 9.97 Å². The second kappa shape index (κ2) is 9.89. The molecule has 3 aliphatic rings. The molecule has 2 aromatic rings. The van der Waals surface area contributed by atoms with E-state index in [0.29, 0.717) is 29.9 Å². The maximum Gasteiger partial charge on any atom is 0.221 e. The number of hydrogen-bond acceptors (Lipinski definition) is 6. The van der Waals surface area contributed by atoms with Crippen LogP contribution in [0.4, 0.5) is 5.82 Å². The summed E-state index contributed by atoms with van der Waals surface area (Å²) in [6.07, 6.45) is 6.00. The van der Waals surface area contributed by atoms with Crippen LogP contribution in [0.5, 0.6) is 0 Å². The molecule has 1 aromatic carbocycles. The Morgan fingerprint density at radius 2 is 1.97 bits per heavy atom. The second-order valence-electron chi connectivity index (χ2n) is 9.23. The van der Waals surface area contributed by atoms with Gasteiger partial charge >= 0.3 is 0 Å². The van der Waals surface area contributed by atoms with E-state index in [-0.39, 0.29) is 5.91 Å². The van der Waals surface area contributed by atoms with Crippen LogP contribution in [-0.2, 0) is 9.53 Å². The van der Waals surface area contributed by atoms with Crippen molar-refractivity contribution in [1.82, 2.24) is 20.2 Å². The van der Waals surface area contributed by atoms with Gasteiger partial charge in [0.1, 0.15) is 11.6 Å². The van der Waals surface area contributed by atoms with Gasteiger partial charge in [-0.05, 0) is 50.3 Å². The van der Waals surface area contributed by atoms with Gasteiger partial charge in [-0.3, -0.25) is 9.69 Å². The van der Waals surface area contributed by atoms with E-state index in [2.05, 4.69) is 15.1 Å². The molecule has 5 rings (SSSR count). The van der Waals surface area contributed by atoms with Crippen LogP contribution in [0.25, 0.3) is 10.9 Å². The quantitative estimate of drug-likeness (QED) is 0.590. The van der Waals surface area contributed by atoms with Crippen LogP contribution in [0, 0.1) is 0 Å². The zero-order valence-corrected chi connectivity index (χ0v) is 19.3. The minimum Gasteiger partial charge on any atom is -0.379 e. The number of carbonyl (C=O) groups excluding carboxylic acids is 1. The first-order valence-electron chi connectivity index (χ1n) is 12.0. The molecule has 2 aliphatic carbocycles. The molecule has 0 bridgehead atoms. The minimum atomic E-state index is 0.134. The summed E-state index contributed by atoms with van der Waals surface area (Å²) in [5, 5.41) is 4.81. The lowest BCUT2D eigenvalue weighted by Gasteiger charge is -2.29. The molecule has 3 fully saturated rings. The van der Waals surface area contributed by atoms with Crippen molar-refractivity contribution in [3.63, 3.8) is 0 Å². The first-order chi connectivity index (χ1) is 15.7. The zero-order valence-electron chi connectivity index (χ0n) is 18.6. The average Bonchev–Trinajstić information content (AvgIpc) is 3.71. The highest BCUT2D eigenvalue weighted by atomic mass is 35.5. The molecule has 1 aromatic heterocycles. The van der Waals surface area contributed by atoms with Crippen molar-refractivity contribution in [1.29, 1.82) is 0 Å². The number of nitrogens with one attached hydrogen (secondary N) is 1. The molecular weight excluding hydrogens is 426 g/mol. The Labute approximate surface area is 194 Å². The summed E-state index contributed by atoms with van der Waals surface area (Å²) in [5.41, 5.74) is 0.894. The van der Waals surface area contributed by atoms with E-state index in [1.807, 2.05) is 18.2 Å². The Morgan fingerprint density at radius 3 is 2.72 bits per heavy atom. The zero-order chi connectivity index (χ0) is 21.9. The highest BCUT2D eigenvalue weighted by molar-refractivity contribution is 6.31. The van der Waals surface area contributed by atoms with Crippen molar-refractivity contribution < 1.29 is 9.53 Å². The Morgan fingerprint density at radius 1 is 1.16 bits per heavy atom. The minimum absolute atomic E-state index is 0.134. The number of aromatic nitrogens is 2. The van der Waals surface area contributed by atoms with Gasteiger partial charge in [-0.15, -0.1) is 0 Å². The van der Waals surface area contributed by atoms with Crippen molar-refractivity contribution in [3.05, 3.63) is 29.0 Å². The van der Waals surface area contributed by atoms with E-state index in [9.17, 15) is 4.79 Å². The van der Waals surface area contributed by atoms with Crippen LogP contribution in [0.2, 0.25) is 5.02 Å². The van der Waals surface area contributed by atoms with Gasteiger partial charge in [0.25, 0.3) is 0 Å². The van der Waals surface area contributed by atoms with Crippen LogP contribution >= 0.6 is 11.6 Å². The molecule has 0 atom stereocenters. The maximum atomic E-state index is 12.4. The van der Waals surface area contributed by atoms with Crippen molar-refractivity contribution in [3.8, 4) is 0 Å². The highest BCUT2D eigenvalue weighted by Gasteiger charge is 2.29. The first-order valence-corrected chi connectivity index (χ1v) is 12.3. The highest BCUT2D eigenvalue weighted by Crippen LogP contribution is 2.40. The average molecular weight is 458 g/mol.